The van der Waals surface area contributed by atoms with Crippen molar-refractivity contribution in [1.29, 1.82) is 0 Å². The number of rotatable bonds is 7. The minimum Gasteiger partial charge on any atom is -0.497 e. The van der Waals surface area contributed by atoms with Gasteiger partial charge in [0, 0.05) is 20.1 Å². The average molecular weight is 562 g/mol. The summed E-state index contributed by atoms with van der Waals surface area (Å²) in [6.45, 7) is 3.64. The molecular weight excluding hydrogens is 531 g/mol. The first kappa shape index (κ1) is 24.8. The van der Waals surface area contributed by atoms with Gasteiger partial charge in [-0.3, -0.25) is 4.99 Å². The Hall–Kier alpha value is -2.82. The monoisotopic (exact) mass is 562 g/mol. The van der Waals surface area contributed by atoms with Crippen LogP contribution < -0.4 is 20.1 Å². The number of guanidine groups is 1. The van der Waals surface area contributed by atoms with E-state index in [9.17, 15) is 0 Å². The van der Waals surface area contributed by atoms with Crippen molar-refractivity contribution in [2.24, 2.45) is 4.99 Å². The number of aliphatic imine (C=N–C) groups is 1. The molecule has 1 unspecified atom stereocenters. The first-order chi connectivity index (χ1) is 15.6. The van der Waals surface area contributed by atoms with Crippen molar-refractivity contribution in [2.75, 3.05) is 20.7 Å². The molecule has 176 valence electrons. The number of hydrogen-bond donors (Lipinski definition) is 2. The van der Waals surface area contributed by atoms with Crippen molar-refractivity contribution < 1.29 is 9.47 Å². The van der Waals surface area contributed by atoms with Gasteiger partial charge in [-0.05, 0) is 68.1 Å². The Morgan fingerprint density at radius 2 is 1.76 bits per heavy atom. The first-order valence-electron chi connectivity index (χ1n) is 10.9. The predicted molar refractivity (Wildman–Crippen MR) is 140 cm³/mol. The molecule has 1 atom stereocenters. The van der Waals surface area contributed by atoms with Gasteiger partial charge in [-0.25, -0.2) is 9.67 Å². The van der Waals surface area contributed by atoms with Crippen LogP contribution >= 0.6 is 24.0 Å². The van der Waals surface area contributed by atoms with Crippen molar-refractivity contribution in [2.45, 2.75) is 38.8 Å². The largest absolute Gasteiger partial charge is 0.497 e. The van der Waals surface area contributed by atoms with Crippen LogP contribution in [0.2, 0.25) is 0 Å². The molecule has 2 heterocycles. The number of benzene rings is 2. The molecule has 0 bridgehead atoms. The van der Waals surface area contributed by atoms with E-state index in [1.807, 2.05) is 48.0 Å². The summed E-state index contributed by atoms with van der Waals surface area (Å²) >= 11 is 0. The van der Waals surface area contributed by atoms with Gasteiger partial charge in [0.05, 0.1) is 13.2 Å². The Balaban J connectivity index is 0.00000306. The fourth-order valence-electron chi connectivity index (χ4n) is 3.79. The minimum atomic E-state index is 0. The van der Waals surface area contributed by atoms with Gasteiger partial charge in [0.1, 0.15) is 28.9 Å². The van der Waals surface area contributed by atoms with Crippen LogP contribution in [0.1, 0.15) is 36.1 Å². The summed E-state index contributed by atoms with van der Waals surface area (Å²) in [5, 5.41) is 11.4. The highest BCUT2D eigenvalue weighted by Crippen LogP contribution is 2.24. The van der Waals surface area contributed by atoms with Crippen LogP contribution in [0.5, 0.6) is 17.2 Å². The Kier molecular flexibility index (Phi) is 8.93. The van der Waals surface area contributed by atoms with E-state index in [2.05, 4.69) is 37.8 Å². The standard InChI is InChI=1S/C24H30N6O2.HI/c1-17-27-23-22(5-4-16-30(23)29-17)28-24(25-2)26-15-14-18-6-8-20(9-7-18)32-21-12-10-19(31-3)11-13-21;/h6-13,22H,4-5,14-16H2,1-3H3,(H2,25,26,28);1H. The molecule has 0 spiro atoms. The maximum atomic E-state index is 5.89. The zero-order valence-corrected chi connectivity index (χ0v) is 21.6. The van der Waals surface area contributed by atoms with Gasteiger partial charge in [0.25, 0.3) is 0 Å². The molecule has 0 saturated carbocycles. The van der Waals surface area contributed by atoms with Crippen molar-refractivity contribution >= 4 is 29.9 Å². The lowest BCUT2D eigenvalue weighted by atomic mass is 10.1. The van der Waals surface area contributed by atoms with E-state index in [1.165, 1.54) is 5.56 Å². The molecule has 1 aliphatic heterocycles. The van der Waals surface area contributed by atoms with E-state index in [0.29, 0.717) is 0 Å². The van der Waals surface area contributed by atoms with Crippen LogP contribution in [0, 0.1) is 6.92 Å². The van der Waals surface area contributed by atoms with Gasteiger partial charge in [-0.1, -0.05) is 12.1 Å². The number of fused-ring (bicyclic) bond motifs is 1. The molecule has 1 aliphatic rings. The highest BCUT2D eigenvalue weighted by atomic mass is 127. The third-order valence-corrected chi connectivity index (χ3v) is 5.44. The van der Waals surface area contributed by atoms with Crippen molar-refractivity contribution in [3.63, 3.8) is 0 Å². The number of methoxy groups -OCH3 is 1. The third-order valence-electron chi connectivity index (χ3n) is 5.44. The molecule has 9 heteroatoms. The molecule has 4 rings (SSSR count). The van der Waals surface area contributed by atoms with E-state index in [1.54, 1.807) is 14.2 Å². The van der Waals surface area contributed by atoms with Crippen LogP contribution in [0.4, 0.5) is 0 Å². The van der Waals surface area contributed by atoms with Gasteiger partial charge in [0.15, 0.2) is 5.96 Å². The molecule has 0 amide bonds. The van der Waals surface area contributed by atoms with Gasteiger partial charge in [0.2, 0.25) is 0 Å². The lowest BCUT2D eigenvalue weighted by Crippen LogP contribution is -2.42. The Morgan fingerprint density at radius 3 is 2.42 bits per heavy atom. The second-order valence-corrected chi connectivity index (χ2v) is 7.75. The normalized spacial score (nSPS) is 15.2. The van der Waals surface area contributed by atoms with Gasteiger partial charge in [-0.2, -0.15) is 5.10 Å². The molecule has 2 aromatic carbocycles. The van der Waals surface area contributed by atoms with Crippen LogP contribution in [0.3, 0.4) is 0 Å². The van der Waals surface area contributed by atoms with E-state index >= 15 is 0 Å². The zero-order chi connectivity index (χ0) is 22.3. The SMILES string of the molecule is CN=C(NCCc1ccc(Oc2ccc(OC)cc2)cc1)NC1CCCn2nc(C)nc21.I. The number of hydrogen-bond acceptors (Lipinski definition) is 5. The van der Waals surface area contributed by atoms with Crippen LogP contribution in [-0.2, 0) is 13.0 Å². The topological polar surface area (TPSA) is 85.6 Å². The number of nitrogens with one attached hydrogen (secondary N) is 2. The van der Waals surface area contributed by atoms with Gasteiger partial charge < -0.3 is 20.1 Å². The number of aromatic nitrogens is 3. The smallest absolute Gasteiger partial charge is 0.191 e. The molecule has 0 radical (unpaired) electrons. The molecule has 3 aromatic rings. The fourth-order valence-corrected chi connectivity index (χ4v) is 3.79. The summed E-state index contributed by atoms with van der Waals surface area (Å²) in [7, 11) is 3.44. The second-order valence-electron chi connectivity index (χ2n) is 7.75. The second kappa shape index (κ2) is 11.9. The molecular formula is C24H31IN6O2. The molecule has 33 heavy (non-hydrogen) atoms. The molecule has 8 nitrogen and oxygen atoms in total. The molecule has 2 N–H and O–H groups in total. The molecule has 0 saturated heterocycles. The van der Waals surface area contributed by atoms with Crippen molar-refractivity contribution in [3.05, 3.63) is 65.7 Å². The quantitative estimate of drug-likeness (QED) is 0.255. The first-order valence-corrected chi connectivity index (χ1v) is 10.9. The third kappa shape index (κ3) is 6.59. The Labute approximate surface area is 211 Å². The molecule has 0 fully saturated rings. The lowest BCUT2D eigenvalue weighted by Gasteiger charge is -2.25. The number of nitrogens with zero attached hydrogens (tertiary/aromatic N) is 4. The van der Waals surface area contributed by atoms with E-state index in [-0.39, 0.29) is 30.0 Å². The summed E-state index contributed by atoms with van der Waals surface area (Å²) in [5.41, 5.74) is 1.23. The zero-order valence-electron chi connectivity index (χ0n) is 19.2. The lowest BCUT2D eigenvalue weighted by molar-refractivity contribution is 0.398. The van der Waals surface area contributed by atoms with Crippen molar-refractivity contribution in [3.8, 4) is 17.2 Å². The summed E-state index contributed by atoms with van der Waals surface area (Å²) in [6, 6.07) is 15.8. The van der Waals surface area contributed by atoms with Crippen LogP contribution in [0.15, 0.2) is 53.5 Å². The highest BCUT2D eigenvalue weighted by Gasteiger charge is 2.24. The number of aryl methyl sites for hydroxylation is 2. The maximum absolute atomic E-state index is 5.89. The number of halogens is 1. The summed E-state index contributed by atoms with van der Waals surface area (Å²) in [5.74, 6) is 4.99. The van der Waals surface area contributed by atoms with E-state index in [0.717, 1.165) is 67.2 Å². The van der Waals surface area contributed by atoms with E-state index < -0.39 is 0 Å². The number of ether oxygens (including phenoxy) is 2. The average Bonchev–Trinajstić information content (AvgIpc) is 3.21. The van der Waals surface area contributed by atoms with Crippen molar-refractivity contribution in [1.82, 2.24) is 25.4 Å². The Morgan fingerprint density at radius 1 is 1.09 bits per heavy atom. The predicted octanol–water partition coefficient (Wildman–Crippen LogP) is 4.25. The molecule has 0 aliphatic carbocycles. The fraction of sp³-hybridized carbons (Fsp3) is 0.375. The van der Waals surface area contributed by atoms with Gasteiger partial charge in [-0.15, -0.1) is 24.0 Å². The summed E-state index contributed by atoms with van der Waals surface area (Å²) in [4.78, 5) is 8.96. The summed E-state index contributed by atoms with van der Waals surface area (Å²) < 4.78 is 13.1. The maximum Gasteiger partial charge on any atom is 0.191 e. The Bertz CT molecular complexity index is 1050. The van der Waals surface area contributed by atoms with Crippen LogP contribution in [-0.4, -0.2) is 41.4 Å². The van der Waals surface area contributed by atoms with Gasteiger partial charge >= 0.3 is 0 Å². The minimum absolute atomic E-state index is 0. The highest BCUT2D eigenvalue weighted by molar-refractivity contribution is 14.0. The molecule has 1 aromatic heterocycles. The van der Waals surface area contributed by atoms with Crippen LogP contribution in [0.25, 0.3) is 0 Å². The van der Waals surface area contributed by atoms with E-state index in [4.69, 9.17) is 9.47 Å². The summed E-state index contributed by atoms with van der Waals surface area (Å²) in [6.07, 6.45) is 2.98.